The summed E-state index contributed by atoms with van der Waals surface area (Å²) in [6.07, 6.45) is 0.597. The Morgan fingerprint density at radius 3 is 2.42 bits per heavy atom. The third kappa shape index (κ3) is 7.13. The average molecular weight is 335 g/mol. The summed E-state index contributed by atoms with van der Waals surface area (Å²) < 4.78 is 5.26. The number of methoxy groups -OCH3 is 1. The predicted octanol–water partition coefficient (Wildman–Crippen LogP) is 2.14. The van der Waals surface area contributed by atoms with Gasteiger partial charge in [-0.2, -0.15) is 0 Å². The first-order chi connectivity index (χ1) is 11.3. The Bertz CT molecular complexity index is 599. The second-order valence-electron chi connectivity index (χ2n) is 5.84. The number of benzene rings is 1. The summed E-state index contributed by atoms with van der Waals surface area (Å²) >= 11 is 0. The van der Waals surface area contributed by atoms with Gasteiger partial charge in [0.15, 0.2) is 0 Å². The number of ether oxygens (including phenoxy) is 1. The van der Waals surface area contributed by atoms with E-state index in [0.29, 0.717) is 23.5 Å². The van der Waals surface area contributed by atoms with Crippen LogP contribution in [0.5, 0.6) is 5.75 Å². The molecular formula is C17H25N3O4. The van der Waals surface area contributed by atoms with E-state index in [9.17, 15) is 14.4 Å². The fraction of sp³-hybridized carbons (Fsp3) is 0.471. The fourth-order valence-electron chi connectivity index (χ4n) is 2.02. The standard InChI is InChI=1S/C17H25N3O4/c1-11(2)9-17(23)20-14-6-5-13(10-15(14)24-4)19-16(22)7-8-18-12(3)21/h5-6,10-11H,7-9H2,1-4H3,(H,18,21)(H,19,22)(H,20,23). The highest BCUT2D eigenvalue weighted by molar-refractivity contribution is 5.94. The summed E-state index contributed by atoms with van der Waals surface area (Å²) in [5.41, 5.74) is 1.11. The second kappa shape index (κ2) is 9.54. The number of hydrogen-bond acceptors (Lipinski definition) is 4. The molecule has 0 aliphatic heterocycles. The first-order valence-electron chi connectivity index (χ1n) is 7.84. The van der Waals surface area contributed by atoms with Gasteiger partial charge in [0.05, 0.1) is 12.8 Å². The lowest BCUT2D eigenvalue weighted by Gasteiger charge is -2.13. The van der Waals surface area contributed by atoms with E-state index < -0.39 is 0 Å². The molecule has 132 valence electrons. The predicted molar refractivity (Wildman–Crippen MR) is 93.0 cm³/mol. The van der Waals surface area contributed by atoms with Crippen molar-refractivity contribution in [1.29, 1.82) is 0 Å². The first kappa shape index (κ1) is 19.5. The Balaban J connectivity index is 2.67. The van der Waals surface area contributed by atoms with Gasteiger partial charge in [-0.25, -0.2) is 0 Å². The van der Waals surface area contributed by atoms with Gasteiger partial charge in [0.1, 0.15) is 5.75 Å². The van der Waals surface area contributed by atoms with Crippen LogP contribution in [0.1, 0.15) is 33.6 Å². The summed E-state index contributed by atoms with van der Waals surface area (Å²) in [6.45, 7) is 5.61. The molecule has 0 heterocycles. The fourth-order valence-corrected chi connectivity index (χ4v) is 2.02. The molecule has 1 aromatic carbocycles. The Morgan fingerprint density at radius 2 is 1.83 bits per heavy atom. The molecule has 7 heteroatoms. The van der Waals surface area contributed by atoms with Crippen LogP contribution in [0.15, 0.2) is 18.2 Å². The van der Waals surface area contributed by atoms with E-state index in [1.807, 2.05) is 13.8 Å². The molecule has 0 radical (unpaired) electrons. The summed E-state index contributed by atoms with van der Waals surface area (Å²) in [7, 11) is 1.50. The number of rotatable bonds is 8. The van der Waals surface area contributed by atoms with Crippen LogP contribution in [-0.2, 0) is 14.4 Å². The Hall–Kier alpha value is -2.57. The molecule has 0 saturated heterocycles. The van der Waals surface area contributed by atoms with Crippen molar-refractivity contribution < 1.29 is 19.1 Å². The molecule has 0 atom stereocenters. The average Bonchev–Trinajstić information content (AvgIpc) is 2.47. The van der Waals surface area contributed by atoms with Crippen molar-refractivity contribution in [2.75, 3.05) is 24.3 Å². The van der Waals surface area contributed by atoms with Crippen molar-refractivity contribution in [3.05, 3.63) is 18.2 Å². The largest absolute Gasteiger partial charge is 0.494 e. The maximum atomic E-state index is 11.9. The highest BCUT2D eigenvalue weighted by Crippen LogP contribution is 2.28. The third-order valence-corrected chi connectivity index (χ3v) is 3.08. The summed E-state index contributed by atoms with van der Waals surface area (Å²) in [6, 6.07) is 5.01. The molecule has 1 rings (SSSR count). The maximum absolute atomic E-state index is 11.9. The number of hydrogen-bond donors (Lipinski definition) is 3. The SMILES string of the molecule is COc1cc(NC(=O)CCNC(C)=O)ccc1NC(=O)CC(C)C. The van der Waals surface area contributed by atoms with Gasteiger partial charge in [0.2, 0.25) is 17.7 Å². The topological polar surface area (TPSA) is 96.5 Å². The van der Waals surface area contributed by atoms with Crippen molar-refractivity contribution in [2.45, 2.75) is 33.6 Å². The van der Waals surface area contributed by atoms with Gasteiger partial charge >= 0.3 is 0 Å². The Kier molecular flexibility index (Phi) is 7.74. The van der Waals surface area contributed by atoms with Gasteiger partial charge < -0.3 is 20.7 Å². The third-order valence-electron chi connectivity index (χ3n) is 3.08. The molecule has 3 N–H and O–H groups in total. The molecule has 0 aliphatic carbocycles. The van der Waals surface area contributed by atoms with E-state index >= 15 is 0 Å². The zero-order valence-corrected chi connectivity index (χ0v) is 14.6. The van der Waals surface area contributed by atoms with Crippen LogP contribution < -0.4 is 20.7 Å². The normalized spacial score (nSPS) is 10.2. The van der Waals surface area contributed by atoms with Crippen molar-refractivity contribution in [1.82, 2.24) is 5.32 Å². The second-order valence-corrected chi connectivity index (χ2v) is 5.84. The van der Waals surface area contributed by atoms with Gasteiger partial charge in [-0.1, -0.05) is 13.8 Å². The summed E-state index contributed by atoms with van der Waals surface area (Å²) in [5, 5.41) is 8.08. The van der Waals surface area contributed by atoms with Gasteiger partial charge in [-0.3, -0.25) is 14.4 Å². The Labute approximate surface area is 142 Å². The molecule has 0 saturated carbocycles. The molecule has 0 aliphatic rings. The van der Waals surface area contributed by atoms with Crippen LogP contribution in [0.3, 0.4) is 0 Å². The molecule has 0 bridgehead atoms. The Morgan fingerprint density at radius 1 is 1.12 bits per heavy atom. The van der Waals surface area contributed by atoms with Crippen LogP contribution in [0.25, 0.3) is 0 Å². The van der Waals surface area contributed by atoms with E-state index in [-0.39, 0.29) is 36.6 Å². The summed E-state index contributed by atoms with van der Waals surface area (Å²) in [4.78, 5) is 34.4. The van der Waals surface area contributed by atoms with E-state index in [0.717, 1.165) is 0 Å². The molecule has 0 spiro atoms. The molecule has 1 aromatic rings. The number of amides is 3. The lowest BCUT2D eigenvalue weighted by atomic mass is 10.1. The monoisotopic (exact) mass is 335 g/mol. The minimum Gasteiger partial charge on any atom is -0.494 e. The van der Waals surface area contributed by atoms with Gasteiger partial charge in [-0.05, 0) is 18.1 Å². The quantitative estimate of drug-likeness (QED) is 0.678. The van der Waals surface area contributed by atoms with E-state index in [4.69, 9.17) is 4.74 Å². The lowest BCUT2D eigenvalue weighted by Crippen LogP contribution is -2.25. The van der Waals surface area contributed by atoms with E-state index in [1.165, 1.54) is 14.0 Å². The molecule has 0 unspecified atom stereocenters. The zero-order valence-electron chi connectivity index (χ0n) is 14.6. The molecule has 3 amide bonds. The van der Waals surface area contributed by atoms with Crippen molar-refractivity contribution >= 4 is 29.1 Å². The van der Waals surface area contributed by atoms with Crippen LogP contribution in [-0.4, -0.2) is 31.4 Å². The van der Waals surface area contributed by atoms with Crippen molar-refractivity contribution in [3.63, 3.8) is 0 Å². The maximum Gasteiger partial charge on any atom is 0.226 e. The number of nitrogens with one attached hydrogen (secondary N) is 3. The van der Waals surface area contributed by atoms with Crippen LogP contribution in [0.4, 0.5) is 11.4 Å². The molecule has 7 nitrogen and oxygen atoms in total. The minimum absolute atomic E-state index is 0.0876. The van der Waals surface area contributed by atoms with Crippen molar-refractivity contribution in [2.24, 2.45) is 5.92 Å². The van der Waals surface area contributed by atoms with Gasteiger partial charge in [-0.15, -0.1) is 0 Å². The van der Waals surface area contributed by atoms with Gasteiger partial charge in [0, 0.05) is 38.1 Å². The molecule has 24 heavy (non-hydrogen) atoms. The van der Waals surface area contributed by atoms with Crippen molar-refractivity contribution in [3.8, 4) is 5.75 Å². The number of carbonyl (C=O) groups is 3. The van der Waals surface area contributed by atoms with Crippen LogP contribution in [0, 0.1) is 5.92 Å². The number of anilines is 2. The van der Waals surface area contributed by atoms with Crippen LogP contribution in [0.2, 0.25) is 0 Å². The zero-order chi connectivity index (χ0) is 18.1. The van der Waals surface area contributed by atoms with Crippen LogP contribution >= 0.6 is 0 Å². The molecular weight excluding hydrogens is 310 g/mol. The minimum atomic E-state index is -0.220. The first-order valence-corrected chi connectivity index (χ1v) is 7.84. The molecule has 0 fully saturated rings. The molecule has 0 aromatic heterocycles. The highest BCUT2D eigenvalue weighted by Gasteiger charge is 2.11. The van der Waals surface area contributed by atoms with E-state index in [2.05, 4.69) is 16.0 Å². The lowest BCUT2D eigenvalue weighted by molar-refractivity contribution is -0.119. The van der Waals surface area contributed by atoms with E-state index in [1.54, 1.807) is 18.2 Å². The summed E-state index contributed by atoms with van der Waals surface area (Å²) in [5.74, 6) is 0.244. The number of carbonyl (C=O) groups excluding carboxylic acids is 3. The smallest absolute Gasteiger partial charge is 0.226 e. The highest BCUT2D eigenvalue weighted by atomic mass is 16.5. The van der Waals surface area contributed by atoms with Gasteiger partial charge in [0.25, 0.3) is 0 Å².